The summed E-state index contributed by atoms with van der Waals surface area (Å²) in [6.45, 7) is 0. The minimum atomic E-state index is -1.91. The van der Waals surface area contributed by atoms with Crippen molar-refractivity contribution >= 4 is 16.9 Å². The maximum atomic E-state index is 12.5. The Bertz CT molecular complexity index is 1280. The minimum Gasteiger partial charge on any atom is -0.507 e. The van der Waals surface area contributed by atoms with Crippen molar-refractivity contribution in [3.63, 3.8) is 0 Å². The quantitative estimate of drug-likeness (QED) is 0.253. The Morgan fingerprint density at radius 3 is 2.27 bits per heavy atom. The van der Waals surface area contributed by atoms with Gasteiger partial charge in [-0.25, -0.2) is 4.79 Å². The summed E-state index contributed by atoms with van der Waals surface area (Å²) in [5.74, 6) is -3.22. The number of phenolic OH excluding ortho intramolecular Hbond substituents is 3. The number of aliphatic carboxylic acids is 1. The standard InChI is InChI=1S/C21H18O12/c22-9-2-1-7(3-10(9)23)13-6-12(25)15-11(24)4-8(5-14(15)32-13)31-21-18(28)16(26)17(27)19(33-21)20(29)30/h1-6,16-19,21-24,26-28H,(H,29,30)/t16-,17-,18-,19+,21-/m1/s1. The van der Waals surface area contributed by atoms with Gasteiger partial charge in [-0.2, -0.15) is 0 Å². The molecule has 4 rings (SSSR count). The van der Waals surface area contributed by atoms with Crippen LogP contribution in [0.3, 0.4) is 0 Å². The first-order valence-electron chi connectivity index (χ1n) is 9.49. The highest BCUT2D eigenvalue weighted by Gasteiger charge is 2.48. The molecule has 3 aromatic rings. The van der Waals surface area contributed by atoms with Crippen LogP contribution in [-0.4, -0.2) is 72.4 Å². The van der Waals surface area contributed by atoms with Crippen LogP contribution in [0.5, 0.6) is 23.0 Å². The zero-order valence-corrected chi connectivity index (χ0v) is 16.5. The molecule has 1 saturated heterocycles. The van der Waals surface area contributed by atoms with E-state index >= 15 is 0 Å². The summed E-state index contributed by atoms with van der Waals surface area (Å²) in [6, 6.07) is 6.94. The molecule has 5 atom stereocenters. The molecule has 0 radical (unpaired) electrons. The fourth-order valence-corrected chi connectivity index (χ4v) is 3.41. The van der Waals surface area contributed by atoms with Crippen molar-refractivity contribution in [2.45, 2.75) is 30.7 Å². The third kappa shape index (κ3) is 4.03. The van der Waals surface area contributed by atoms with Gasteiger partial charge in [-0.15, -0.1) is 0 Å². The molecule has 174 valence electrons. The Kier molecular flexibility index (Phi) is 5.59. The van der Waals surface area contributed by atoms with Gasteiger partial charge in [0.2, 0.25) is 6.29 Å². The largest absolute Gasteiger partial charge is 0.507 e. The van der Waals surface area contributed by atoms with Gasteiger partial charge < -0.3 is 49.6 Å². The van der Waals surface area contributed by atoms with Crippen LogP contribution >= 0.6 is 0 Å². The molecule has 0 spiro atoms. The lowest BCUT2D eigenvalue weighted by molar-refractivity contribution is -0.271. The van der Waals surface area contributed by atoms with Crippen LogP contribution in [0.25, 0.3) is 22.3 Å². The van der Waals surface area contributed by atoms with Crippen LogP contribution < -0.4 is 10.2 Å². The number of aromatic hydroxyl groups is 3. The number of aliphatic hydroxyl groups is 3. The third-order valence-electron chi connectivity index (χ3n) is 5.11. The molecule has 0 unspecified atom stereocenters. The molecule has 33 heavy (non-hydrogen) atoms. The molecular formula is C21H18O12. The number of hydrogen-bond donors (Lipinski definition) is 7. The van der Waals surface area contributed by atoms with E-state index in [1.807, 2.05) is 0 Å². The molecule has 0 aliphatic carbocycles. The van der Waals surface area contributed by atoms with E-state index in [0.717, 1.165) is 24.3 Å². The first-order valence-corrected chi connectivity index (χ1v) is 9.49. The lowest BCUT2D eigenvalue weighted by Crippen LogP contribution is -2.61. The van der Waals surface area contributed by atoms with E-state index < -0.39 is 53.6 Å². The molecule has 12 nitrogen and oxygen atoms in total. The number of fused-ring (bicyclic) bond motifs is 1. The Labute approximate surface area is 183 Å². The highest BCUT2D eigenvalue weighted by Crippen LogP contribution is 2.35. The summed E-state index contributed by atoms with van der Waals surface area (Å²) in [6.07, 6.45) is -9.29. The zero-order chi connectivity index (χ0) is 24.0. The summed E-state index contributed by atoms with van der Waals surface area (Å²) in [5.41, 5.74) is -0.565. The molecule has 7 N–H and O–H groups in total. The monoisotopic (exact) mass is 462 g/mol. The van der Waals surface area contributed by atoms with Gasteiger partial charge in [0.15, 0.2) is 23.0 Å². The van der Waals surface area contributed by atoms with Crippen LogP contribution in [0.1, 0.15) is 0 Å². The van der Waals surface area contributed by atoms with Gasteiger partial charge in [0.1, 0.15) is 46.5 Å². The van der Waals surface area contributed by atoms with E-state index in [1.54, 1.807) is 0 Å². The van der Waals surface area contributed by atoms with E-state index in [4.69, 9.17) is 19.0 Å². The molecular weight excluding hydrogens is 444 g/mol. The first-order chi connectivity index (χ1) is 15.6. The first kappa shape index (κ1) is 22.4. The minimum absolute atomic E-state index is 0.0159. The van der Waals surface area contributed by atoms with E-state index in [2.05, 4.69) is 0 Å². The highest BCUT2D eigenvalue weighted by molar-refractivity contribution is 5.86. The molecule has 1 fully saturated rings. The highest BCUT2D eigenvalue weighted by atomic mass is 16.7. The average molecular weight is 462 g/mol. The van der Waals surface area contributed by atoms with Gasteiger partial charge in [-0.1, -0.05) is 0 Å². The van der Waals surface area contributed by atoms with Crippen molar-refractivity contribution < 1.29 is 54.4 Å². The van der Waals surface area contributed by atoms with Gasteiger partial charge in [-0.05, 0) is 18.2 Å². The lowest BCUT2D eigenvalue weighted by atomic mass is 9.99. The number of phenols is 3. The molecule has 0 saturated carbocycles. The molecule has 1 aliphatic heterocycles. The van der Waals surface area contributed by atoms with Gasteiger partial charge in [0.25, 0.3) is 0 Å². The molecule has 12 heteroatoms. The molecule has 2 aromatic carbocycles. The number of carbonyl (C=O) groups is 1. The number of ether oxygens (including phenoxy) is 2. The lowest BCUT2D eigenvalue weighted by Gasteiger charge is -2.38. The van der Waals surface area contributed by atoms with Crippen molar-refractivity contribution in [1.29, 1.82) is 0 Å². The van der Waals surface area contributed by atoms with Gasteiger partial charge in [0, 0.05) is 23.8 Å². The number of benzene rings is 2. The topological polar surface area (TPSA) is 207 Å². The van der Waals surface area contributed by atoms with E-state index in [1.165, 1.54) is 12.1 Å². The second kappa shape index (κ2) is 8.26. The van der Waals surface area contributed by atoms with Crippen molar-refractivity contribution in [2.75, 3.05) is 0 Å². The van der Waals surface area contributed by atoms with Crippen LogP contribution in [-0.2, 0) is 9.53 Å². The van der Waals surface area contributed by atoms with Gasteiger partial charge in [-0.3, -0.25) is 4.79 Å². The number of aliphatic hydroxyl groups excluding tert-OH is 3. The number of rotatable bonds is 4. The Morgan fingerprint density at radius 1 is 0.879 bits per heavy atom. The van der Waals surface area contributed by atoms with Crippen LogP contribution in [0.2, 0.25) is 0 Å². The second-order valence-electron chi connectivity index (χ2n) is 7.35. The van der Waals surface area contributed by atoms with E-state index in [9.17, 15) is 40.2 Å². The smallest absolute Gasteiger partial charge is 0.335 e. The molecule has 2 heterocycles. The molecule has 1 aromatic heterocycles. The maximum absolute atomic E-state index is 12.5. The van der Waals surface area contributed by atoms with E-state index in [0.29, 0.717) is 0 Å². The number of carboxylic acid groups (broad SMARTS) is 1. The summed E-state index contributed by atoms with van der Waals surface area (Å²) in [5, 5.41) is 68.2. The summed E-state index contributed by atoms with van der Waals surface area (Å²) >= 11 is 0. The van der Waals surface area contributed by atoms with E-state index in [-0.39, 0.29) is 33.8 Å². The predicted octanol–water partition coefficient (Wildman–Crippen LogP) is -0.152. The normalized spacial score (nSPS) is 25.1. The van der Waals surface area contributed by atoms with Gasteiger partial charge in [0.05, 0.1) is 0 Å². The fourth-order valence-electron chi connectivity index (χ4n) is 3.41. The zero-order valence-electron chi connectivity index (χ0n) is 16.5. The van der Waals surface area contributed by atoms with Crippen molar-refractivity contribution in [1.82, 2.24) is 0 Å². The molecule has 0 amide bonds. The van der Waals surface area contributed by atoms with Crippen LogP contribution in [0.4, 0.5) is 0 Å². The van der Waals surface area contributed by atoms with Crippen molar-refractivity contribution in [3.05, 3.63) is 46.6 Å². The average Bonchev–Trinajstić information content (AvgIpc) is 2.75. The molecule has 1 aliphatic rings. The summed E-state index contributed by atoms with van der Waals surface area (Å²) in [4.78, 5) is 23.8. The Balaban J connectivity index is 1.72. The Morgan fingerprint density at radius 2 is 1.61 bits per heavy atom. The summed E-state index contributed by atoms with van der Waals surface area (Å²) in [7, 11) is 0. The second-order valence-corrected chi connectivity index (χ2v) is 7.35. The third-order valence-corrected chi connectivity index (χ3v) is 5.11. The van der Waals surface area contributed by atoms with Crippen LogP contribution in [0.15, 0.2) is 45.6 Å². The van der Waals surface area contributed by atoms with Crippen LogP contribution in [0, 0.1) is 0 Å². The maximum Gasteiger partial charge on any atom is 0.335 e. The number of hydrogen-bond acceptors (Lipinski definition) is 11. The SMILES string of the molecule is O=C(O)[C@H]1O[C@@H](Oc2cc(O)c3c(=O)cc(-c4ccc(O)c(O)c4)oc3c2)[C@H](O)[C@H](O)[C@H]1O. The number of carboxylic acids is 1. The van der Waals surface area contributed by atoms with Crippen molar-refractivity contribution in [3.8, 4) is 34.3 Å². The fraction of sp³-hybridized carbons (Fsp3) is 0.238. The molecule has 0 bridgehead atoms. The predicted molar refractivity (Wildman–Crippen MR) is 108 cm³/mol. The van der Waals surface area contributed by atoms with Gasteiger partial charge >= 0.3 is 5.97 Å². The Hall–Kier alpha value is -3.84. The van der Waals surface area contributed by atoms with Crippen molar-refractivity contribution in [2.24, 2.45) is 0 Å². The summed E-state index contributed by atoms with van der Waals surface area (Å²) < 4.78 is 16.0.